The Morgan fingerprint density at radius 1 is 1.04 bits per heavy atom. The van der Waals surface area contributed by atoms with Gasteiger partial charge >= 0.3 is 0 Å². The first-order valence-corrected chi connectivity index (χ1v) is 9.21. The fourth-order valence-electron chi connectivity index (χ4n) is 3.94. The van der Waals surface area contributed by atoms with Gasteiger partial charge in [0.2, 0.25) is 0 Å². The fourth-order valence-corrected chi connectivity index (χ4v) is 4.09. The number of fused-ring (bicyclic) bond motifs is 5. The summed E-state index contributed by atoms with van der Waals surface area (Å²) in [6.45, 7) is 6.16. The van der Waals surface area contributed by atoms with Crippen LogP contribution in [0.1, 0.15) is 13.8 Å². The minimum Gasteiger partial charge on any atom is -0.350 e. The molecule has 4 aromatic rings. The van der Waals surface area contributed by atoms with Crippen molar-refractivity contribution in [3.63, 3.8) is 0 Å². The molecular weight excluding hydrogens is 348 g/mol. The van der Waals surface area contributed by atoms with Crippen LogP contribution in [-0.2, 0) is 0 Å². The van der Waals surface area contributed by atoms with Crippen molar-refractivity contribution in [2.24, 2.45) is 0 Å². The number of rotatable bonds is 1. The highest BCUT2D eigenvalue weighted by molar-refractivity contribution is 6.31. The van der Waals surface area contributed by atoms with E-state index >= 15 is 0 Å². The average molecular weight is 367 g/mol. The Morgan fingerprint density at radius 2 is 1.81 bits per heavy atom. The number of nitrogens with zero attached hydrogens (tertiary/aromatic N) is 5. The quantitative estimate of drug-likeness (QED) is 0.560. The molecule has 1 aromatic carbocycles. The van der Waals surface area contributed by atoms with Crippen LogP contribution in [0.3, 0.4) is 0 Å². The standard InChI is InChI=1S/C19H19ClN6/c1-11-9-25(10-12(2)22-11)18-19-23-14-5-3-4-6-16(14)26(19)17-15(24-18)7-13(20)8-21-17/h3-8,11-12,22H,9-10H2,1-2H3/t11-,12+. The molecule has 7 heteroatoms. The number of benzene rings is 1. The Balaban J connectivity index is 1.86. The van der Waals surface area contributed by atoms with Gasteiger partial charge in [0, 0.05) is 31.4 Å². The Morgan fingerprint density at radius 3 is 2.62 bits per heavy atom. The van der Waals surface area contributed by atoms with Crippen LogP contribution in [-0.4, -0.2) is 44.5 Å². The first kappa shape index (κ1) is 15.8. The van der Waals surface area contributed by atoms with Crippen LogP contribution in [0, 0.1) is 0 Å². The highest BCUT2D eigenvalue weighted by Gasteiger charge is 2.26. The Labute approximate surface area is 155 Å². The summed E-state index contributed by atoms with van der Waals surface area (Å²) in [7, 11) is 0. The largest absolute Gasteiger partial charge is 0.350 e. The molecule has 2 atom stereocenters. The van der Waals surface area contributed by atoms with Crippen molar-refractivity contribution in [2.45, 2.75) is 25.9 Å². The third-order valence-electron chi connectivity index (χ3n) is 4.87. The van der Waals surface area contributed by atoms with Crippen molar-refractivity contribution in [3.05, 3.63) is 41.6 Å². The molecule has 0 aliphatic carbocycles. The lowest BCUT2D eigenvalue weighted by molar-refractivity contribution is 0.405. The molecule has 26 heavy (non-hydrogen) atoms. The summed E-state index contributed by atoms with van der Waals surface area (Å²) in [6.07, 6.45) is 1.66. The zero-order valence-corrected chi connectivity index (χ0v) is 15.4. The van der Waals surface area contributed by atoms with Crippen LogP contribution in [0.15, 0.2) is 36.5 Å². The Kier molecular flexibility index (Phi) is 3.52. The number of nitrogens with one attached hydrogen (secondary N) is 1. The van der Waals surface area contributed by atoms with Gasteiger partial charge in [0.05, 0.1) is 16.1 Å². The van der Waals surface area contributed by atoms with Gasteiger partial charge < -0.3 is 10.2 Å². The molecule has 4 heterocycles. The molecule has 1 N–H and O–H groups in total. The zero-order valence-electron chi connectivity index (χ0n) is 14.6. The van der Waals surface area contributed by atoms with Gasteiger partial charge in [0.1, 0.15) is 5.52 Å². The van der Waals surface area contributed by atoms with Gasteiger partial charge in [-0.15, -0.1) is 0 Å². The van der Waals surface area contributed by atoms with Gasteiger partial charge in [-0.1, -0.05) is 23.7 Å². The van der Waals surface area contributed by atoms with E-state index in [1.165, 1.54) is 0 Å². The highest BCUT2D eigenvalue weighted by Crippen LogP contribution is 2.29. The van der Waals surface area contributed by atoms with Gasteiger partial charge in [-0.2, -0.15) is 0 Å². The first-order chi connectivity index (χ1) is 12.6. The van der Waals surface area contributed by atoms with Crippen LogP contribution in [0.5, 0.6) is 0 Å². The molecule has 0 saturated carbocycles. The van der Waals surface area contributed by atoms with Crippen LogP contribution >= 0.6 is 11.6 Å². The van der Waals surface area contributed by atoms with E-state index in [1.54, 1.807) is 6.20 Å². The summed E-state index contributed by atoms with van der Waals surface area (Å²) in [4.78, 5) is 16.7. The van der Waals surface area contributed by atoms with Crippen molar-refractivity contribution in [1.29, 1.82) is 0 Å². The maximum absolute atomic E-state index is 6.20. The van der Waals surface area contributed by atoms with Crippen molar-refractivity contribution < 1.29 is 0 Å². The van der Waals surface area contributed by atoms with Gasteiger partial charge in [-0.05, 0) is 32.0 Å². The van der Waals surface area contributed by atoms with Crippen molar-refractivity contribution >= 4 is 45.3 Å². The molecule has 1 saturated heterocycles. The molecule has 0 bridgehead atoms. The van der Waals surface area contributed by atoms with Crippen LogP contribution in [0.25, 0.3) is 27.8 Å². The molecule has 132 valence electrons. The van der Waals surface area contributed by atoms with Crippen molar-refractivity contribution in [1.82, 2.24) is 24.7 Å². The molecule has 1 aliphatic rings. The van der Waals surface area contributed by atoms with Gasteiger partial charge in [-0.3, -0.25) is 4.40 Å². The first-order valence-electron chi connectivity index (χ1n) is 8.83. The van der Waals surface area contributed by atoms with E-state index in [9.17, 15) is 0 Å². The fraction of sp³-hybridized carbons (Fsp3) is 0.316. The normalized spacial score (nSPS) is 21.1. The SMILES string of the molecule is C[C@@H]1CN(c2nc3cc(Cl)cnc3n3c2nc2ccccc23)C[C@H](C)N1. The number of hydrogen-bond donors (Lipinski definition) is 1. The predicted molar refractivity (Wildman–Crippen MR) is 105 cm³/mol. The number of para-hydroxylation sites is 2. The molecule has 6 nitrogen and oxygen atoms in total. The summed E-state index contributed by atoms with van der Waals surface area (Å²) in [5.74, 6) is 0.887. The minimum absolute atomic E-state index is 0.387. The number of imidazole rings is 1. The number of hydrogen-bond acceptors (Lipinski definition) is 5. The van der Waals surface area contributed by atoms with E-state index in [1.807, 2.05) is 24.3 Å². The molecule has 0 amide bonds. The topological polar surface area (TPSA) is 58.4 Å². The van der Waals surface area contributed by atoms with E-state index < -0.39 is 0 Å². The lowest BCUT2D eigenvalue weighted by Gasteiger charge is -2.37. The molecule has 3 aromatic heterocycles. The summed E-state index contributed by atoms with van der Waals surface area (Å²) in [6, 6.07) is 10.8. The maximum atomic E-state index is 6.20. The number of aromatic nitrogens is 4. The second-order valence-corrected chi connectivity index (χ2v) is 7.50. The summed E-state index contributed by atoms with van der Waals surface area (Å²) in [5.41, 5.74) is 4.37. The molecule has 1 fully saturated rings. The van der Waals surface area contributed by atoms with Gasteiger partial charge in [-0.25, -0.2) is 15.0 Å². The van der Waals surface area contributed by atoms with E-state index in [4.69, 9.17) is 21.6 Å². The second-order valence-electron chi connectivity index (χ2n) is 7.06. The van der Waals surface area contributed by atoms with E-state index in [2.05, 4.69) is 39.5 Å². The average Bonchev–Trinajstić information content (AvgIpc) is 2.99. The number of halogens is 1. The molecular formula is C19H19ClN6. The summed E-state index contributed by atoms with van der Waals surface area (Å²) in [5, 5.41) is 4.15. The molecule has 0 spiro atoms. The number of piperazine rings is 1. The van der Waals surface area contributed by atoms with Crippen LogP contribution in [0.2, 0.25) is 5.02 Å². The third-order valence-corrected chi connectivity index (χ3v) is 5.08. The monoisotopic (exact) mass is 366 g/mol. The van der Waals surface area contributed by atoms with E-state index in [-0.39, 0.29) is 0 Å². The Hall–Kier alpha value is -2.44. The Bertz CT molecular complexity index is 1130. The third kappa shape index (κ3) is 2.40. The highest BCUT2D eigenvalue weighted by atomic mass is 35.5. The molecule has 0 radical (unpaired) electrons. The minimum atomic E-state index is 0.387. The van der Waals surface area contributed by atoms with E-state index in [0.717, 1.165) is 46.8 Å². The van der Waals surface area contributed by atoms with Gasteiger partial charge in [0.25, 0.3) is 0 Å². The smallest absolute Gasteiger partial charge is 0.183 e. The van der Waals surface area contributed by atoms with E-state index in [0.29, 0.717) is 17.1 Å². The van der Waals surface area contributed by atoms with Crippen LogP contribution < -0.4 is 10.2 Å². The predicted octanol–water partition coefficient (Wildman–Crippen LogP) is 3.27. The zero-order chi connectivity index (χ0) is 17.8. The van der Waals surface area contributed by atoms with Gasteiger partial charge in [0.15, 0.2) is 17.1 Å². The lowest BCUT2D eigenvalue weighted by Crippen LogP contribution is -2.54. The summed E-state index contributed by atoms with van der Waals surface area (Å²) < 4.78 is 2.10. The van der Waals surface area contributed by atoms with Crippen LogP contribution in [0.4, 0.5) is 5.82 Å². The number of anilines is 1. The number of pyridine rings is 1. The summed E-state index contributed by atoms with van der Waals surface area (Å²) >= 11 is 6.20. The second kappa shape index (κ2) is 5.79. The molecule has 0 unspecified atom stereocenters. The van der Waals surface area contributed by atoms with Crippen molar-refractivity contribution in [2.75, 3.05) is 18.0 Å². The molecule has 1 aliphatic heterocycles. The van der Waals surface area contributed by atoms with Crippen molar-refractivity contribution in [3.8, 4) is 0 Å². The molecule has 5 rings (SSSR count). The lowest BCUT2D eigenvalue weighted by atomic mass is 10.1. The maximum Gasteiger partial charge on any atom is 0.183 e.